The lowest BCUT2D eigenvalue weighted by Gasteiger charge is -2.20. The summed E-state index contributed by atoms with van der Waals surface area (Å²) in [6.07, 6.45) is 3.23. The molecule has 3 heteroatoms. The maximum Gasteiger partial charge on any atom is 0.132 e. The zero-order chi connectivity index (χ0) is 13.5. The van der Waals surface area contributed by atoms with Gasteiger partial charge in [0.2, 0.25) is 0 Å². The summed E-state index contributed by atoms with van der Waals surface area (Å²) < 4.78 is 0. The molecule has 0 saturated carbocycles. The molecular formula is C17H19N3. The monoisotopic (exact) mass is 265 g/mol. The van der Waals surface area contributed by atoms with Crippen molar-refractivity contribution in [1.29, 1.82) is 0 Å². The predicted molar refractivity (Wildman–Crippen MR) is 78.8 cm³/mol. The number of nitrogens with zero attached hydrogens (tertiary/aromatic N) is 2. The third kappa shape index (κ3) is 1.93. The summed E-state index contributed by atoms with van der Waals surface area (Å²) in [5.41, 5.74) is 6.70. The number of aryl methyl sites for hydroxylation is 1. The summed E-state index contributed by atoms with van der Waals surface area (Å²) in [5.74, 6) is 1.50. The highest BCUT2D eigenvalue weighted by Gasteiger charge is 2.26. The van der Waals surface area contributed by atoms with Gasteiger partial charge in [0.1, 0.15) is 5.82 Å². The Morgan fingerprint density at radius 1 is 1.10 bits per heavy atom. The van der Waals surface area contributed by atoms with Gasteiger partial charge in [-0.25, -0.2) is 9.97 Å². The topological polar surface area (TPSA) is 37.8 Å². The molecule has 1 aliphatic carbocycles. The predicted octanol–water partition coefficient (Wildman–Crippen LogP) is 2.31. The number of hydrogen-bond donors (Lipinski definition) is 1. The molecule has 3 nitrogen and oxygen atoms in total. The second-order valence-corrected chi connectivity index (χ2v) is 5.89. The fraction of sp³-hybridized carbons (Fsp3) is 0.412. The summed E-state index contributed by atoms with van der Waals surface area (Å²) in [7, 11) is 0. The summed E-state index contributed by atoms with van der Waals surface area (Å²) in [4.78, 5) is 9.68. The van der Waals surface area contributed by atoms with E-state index in [9.17, 15) is 0 Å². The van der Waals surface area contributed by atoms with Gasteiger partial charge >= 0.3 is 0 Å². The Balaban J connectivity index is 1.69. The Bertz CT molecular complexity index is 638. The van der Waals surface area contributed by atoms with E-state index in [4.69, 9.17) is 9.97 Å². The van der Waals surface area contributed by atoms with Gasteiger partial charge in [0, 0.05) is 18.2 Å². The van der Waals surface area contributed by atoms with Crippen molar-refractivity contribution in [1.82, 2.24) is 15.3 Å². The lowest BCUT2D eigenvalue weighted by molar-refractivity contribution is 0.594. The minimum absolute atomic E-state index is 0.457. The molecule has 2 aliphatic rings. The number of rotatable bonds is 1. The van der Waals surface area contributed by atoms with Crippen LogP contribution in [0.15, 0.2) is 24.3 Å². The molecule has 2 heterocycles. The first-order chi connectivity index (χ1) is 9.81. The van der Waals surface area contributed by atoms with Crippen LogP contribution >= 0.6 is 0 Å². The maximum atomic E-state index is 4.87. The number of nitrogens with one attached hydrogen (secondary N) is 1. The van der Waals surface area contributed by atoms with Crippen molar-refractivity contribution in [2.24, 2.45) is 0 Å². The highest BCUT2D eigenvalue weighted by Crippen LogP contribution is 2.33. The molecule has 1 N–H and O–H groups in total. The second kappa shape index (κ2) is 4.67. The van der Waals surface area contributed by atoms with Gasteiger partial charge in [-0.05, 0) is 49.4 Å². The van der Waals surface area contributed by atoms with Crippen molar-refractivity contribution in [2.45, 2.75) is 38.6 Å². The molecule has 1 aromatic heterocycles. The van der Waals surface area contributed by atoms with Crippen LogP contribution in [0.1, 0.15) is 39.8 Å². The van der Waals surface area contributed by atoms with Gasteiger partial charge in [0.05, 0.1) is 5.69 Å². The second-order valence-electron chi connectivity index (χ2n) is 5.89. The average Bonchev–Trinajstić information content (AvgIpc) is 2.91. The number of hydrogen-bond acceptors (Lipinski definition) is 3. The molecule has 0 atom stereocenters. The zero-order valence-electron chi connectivity index (χ0n) is 11.8. The minimum atomic E-state index is 0.457. The first kappa shape index (κ1) is 12.0. The Labute approximate surface area is 119 Å². The molecule has 0 bridgehead atoms. The van der Waals surface area contributed by atoms with Crippen LogP contribution in [0.4, 0.5) is 0 Å². The van der Waals surface area contributed by atoms with Crippen LogP contribution < -0.4 is 5.32 Å². The van der Waals surface area contributed by atoms with E-state index in [-0.39, 0.29) is 0 Å². The Morgan fingerprint density at radius 3 is 2.60 bits per heavy atom. The quantitative estimate of drug-likeness (QED) is 0.860. The van der Waals surface area contributed by atoms with Crippen LogP contribution in [-0.4, -0.2) is 16.5 Å². The summed E-state index contributed by atoms with van der Waals surface area (Å²) in [5, 5.41) is 3.41. The molecule has 1 aliphatic heterocycles. The van der Waals surface area contributed by atoms with Crippen LogP contribution in [0.3, 0.4) is 0 Å². The molecule has 0 saturated heterocycles. The van der Waals surface area contributed by atoms with Crippen LogP contribution in [0.25, 0.3) is 0 Å². The van der Waals surface area contributed by atoms with E-state index in [2.05, 4.69) is 36.5 Å². The summed E-state index contributed by atoms with van der Waals surface area (Å²) in [6, 6.07) is 8.73. The standard InChI is InChI=1S/C17H19N3/c1-11-15-6-7-18-10-16(15)20-17(19-11)14-8-12-4-2-3-5-13(12)9-14/h2-5,14,18H,6-10H2,1H3. The van der Waals surface area contributed by atoms with Gasteiger partial charge < -0.3 is 5.32 Å². The molecule has 102 valence electrons. The molecule has 0 radical (unpaired) electrons. The Kier molecular flexibility index (Phi) is 2.81. The molecule has 0 fully saturated rings. The summed E-state index contributed by atoms with van der Waals surface area (Å²) >= 11 is 0. The number of benzene rings is 1. The largest absolute Gasteiger partial charge is 0.311 e. The van der Waals surface area contributed by atoms with E-state index < -0.39 is 0 Å². The van der Waals surface area contributed by atoms with E-state index in [1.165, 1.54) is 28.1 Å². The normalized spacial score (nSPS) is 17.9. The van der Waals surface area contributed by atoms with E-state index >= 15 is 0 Å². The zero-order valence-corrected chi connectivity index (χ0v) is 11.8. The Hall–Kier alpha value is -1.74. The molecular weight excluding hydrogens is 246 g/mol. The van der Waals surface area contributed by atoms with Gasteiger partial charge in [-0.1, -0.05) is 24.3 Å². The van der Waals surface area contributed by atoms with Gasteiger partial charge in [-0.2, -0.15) is 0 Å². The van der Waals surface area contributed by atoms with Crippen LogP contribution in [0.5, 0.6) is 0 Å². The van der Waals surface area contributed by atoms with Gasteiger partial charge in [-0.3, -0.25) is 0 Å². The smallest absolute Gasteiger partial charge is 0.132 e. The van der Waals surface area contributed by atoms with Crippen molar-refractivity contribution in [3.05, 3.63) is 58.2 Å². The number of aromatic nitrogens is 2. The first-order valence-corrected chi connectivity index (χ1v) is 7.45. The minimum Gasteiger partial charge on any atom is -0.311 e. The SMILES string of the molecule is Cc1nc(C2Cc3ccccc3C2)nc2c1CCNC2. The average molecular weight is 265 g/mol. The van der Waals surface area contributed by atoms with Crippen molar-refractivity contribution in [3.63, 3.8) is 0 Å². The van der Waals surface area contributed by atoms with E-state index in [1.54, 1.807) is 0 Å². The molecule has 2 aromatic rings. The molecule has 0 spiro atoms. The molecule has 4 rings (SSSR count). The van der Waals surface area contributed by atoms with Crippen molar-refractivity contribution < 1.29 is 0 Å². The highest BCUT2D eigenvalue weighted by molar-refractivity contribution is 5.36. The van der Waals surface area contributed by atoms with E-state index in [0.29, 0.717) is 5.92 Å². The lowest BCUT2D eigenvalue weighted by Crippen LogP contribution is -2.27. The van der Waals surface area contributed by atoms with Crippen LogP contribution in [0.2, 0.25) is 0 Å². The van der Waals surface area contributed by atoms with Crippen molar-refractivity contribution in [2.75, 3.05) is 6.54 Å². The van der Waals surface area contributed by atoms with Crippen LogP contribution in [0, 0.1) is 6.92 Å². The first-order valence-electron chi connectivity index (χ1n) is 7.45. The highest BCUT2D eigenvalue weighted by atomic mass is 15.0. The molecule has 20 heavy (non-hydrogen) atoms. The lowest BCUT2D eigenvalue weighted by atomic mass is 10.0. The van der Waals surface area contributed by atoms with E-state index in [0.717, 1.165) is 38.2 Å². The van der Waals surface area contributed by atoms with Crippen LogP contribution in [-0.2, 0) is 25.8 Å². The van der Waals surface area contributed by atoms with E-state index in [1.807, 2.05) is 0 Å². The fourth-order valence-electron chi connectivity index (χ4n) is 3.49. The fourth-order valence-corrected chi connectivity index (χ4v) is 3.49. The molecule has 0 amide bonds. The van der Waals surface area contributed by atoms with Gasteiger partial charge in [0.15, 0.2) is 0 Å². The maximum absolute atomic E-state index is 4.87. The molecule has 0 unspecified atom stereocenters. The van der Waals surface area contributed by atoms with Crippen molar-refractivity contribution in [3.8, 4) is 0 Å². The summed E-state index contributed by atoms with van der Waals surface area (Å²) in [6.45, 7) is 4.08. The number of fused-ring (bicyclic) bond motifs is 2. The third-order valence-corrected chi connectivity index (χ3v) is 4.58. The van der Waals surface area contributed by atoms with Crippen molar-refractivity contribution >= 4 is 0 Å². The van der Waals surface area contributed by atoms with Gasteiger partial charge in [0.25, 0.3) is 0 Å². The third-order valence-electron chi connectivity index (χ3n) is 4.58. The molecule has 1 aromatic carbocycles. The van der Waals surface area contributed by atoms with Gasteiger partial charge in [-0.15, -0.1) is 0 Å². The Morgan fingerprint density at radius 2 is 1.85 bits per heavy atom.